The van der Waals surface area contributed by atoms with Crippen LogP contribution in [0, 0.1) is 0 Å². The van der Waals surface area contributed by atoms with Crippen molar-refractivity contribution in [2.24, 2.45) is 0 Å². The van der Waals surface area contributed by atoms with E-state index in [0.717, 1.165) is 66.6 Å². The van der Waals surface area contributed by atoms with E-state index in [0.29, 0.717) is 0 Å². The van der Waals surface area contributed by atoms with Crippen molar-refractivity contribution in [2.75, 3.05) is 0 Å². The summed E-state index contributed by atoms with van der Waals surface area (Å²) in [6, 6.07) is 53.3. The number of nitrogens with zero attached hydrogens (tertiary/aromatic N) is 4. The largest absolute Gasteiger partial charge is 0.292 e. The maximum atomic E-state index is 5.38. The summed E-state index contributed by atoms with van der Waals surface area (Å²) in [6.07, 6.45) is 1.89. The van der Waals surface area contributed by atoms with E-state index in [2.05, 4.69) is 138 Å². The molecule has 0 N–H and O–H groups in total. The summed E-state index contributed by atoms with van der Waals surface area (Å²) in [5.41, 5.74) is 8.25. The Labute approximate surface area is 270 Å². The van der Waals surface area contributed by atoms with Crippen LogP contribution in [0.5, 0.6) is 0 Å². The van der Waals surface area contributed by atoms with Crippen LogP contribution in [0.1, 0.15) is 0 Å². The molecule has 0 aliphatic rings. The Morgan fingerprint density at radius 1 is 0.404 bits per heavy atom. The minimum Gasteiger partial charge on any atom is -0.292 e. The molecule has 3 heterocycles. The molecule has 0 saturated carbocycles. The van der Waals surface area contributed by atoms with E-state index in [1.165, 1.54) is 26.9 Å². The quantitative estimate of drug-likeness (QED) is 0.190. The number of rotatable bonds is 3. The van der Waals surface area contributed by atoms with E-state index in [1.54, 1.807) is 0 Å². The molecule has 0 bridgehead atoms. The van der Waals surface area contributed by atoms with E-state index in [4.69, 9.17) is 15.0 Å². The molecule has 0 radical (unpaired) electrons. The van der Waals surface area contributed by atoms with Crippen molar-refractivity contribution in [1.29, 1.82) is 0 Å². The van der Waals surface area contributed by atoms with Gasteiger partial charge in [0.1, 0.15) is 5.82 Å². The third-order valence-electron chi connectivity index (χ3n) is 9.41. The number of para-hydroxylation sites is 2. The molecule has 0 unspecified atom stereocenters. The van der Waals surface area contributed by atoms with Gasteiger partial charge in [0.15, 0.2) is 0 Å². The van der Waals surface area contributed by atoms with Crippen LogP contribution in [0.15, 0.2) is 158 Å². The molecule has 218 valence electrons. The zero-order valence-electron chi connectivity index (χ0n) is 25.3. The minimum absolute atomic E-state index is 0.927. The molecule has 0 saturated heterocycles. The molecule has 3 aromatic heterocycles. The van der Waals surface area contributed by atoms with Gasteiger partial charge in [0, 0.05) is 55.3 Å². The van der Waals surface area contributed by atoms with Crippen molar-refractivity contribution < 1.29 is 0 Å². The zero-order valence-corrected chi connectivity index (χ0v) is 25.3. The highest BCUT2D eigenvalue weighted by Crippen LogP contribution is 2.43. The van der Waals surface area contributed by atoms with Gasteiger partial charge in [-0.05, 0) is 53.2 Å². The molecule has 10 rings (SSSR count). The highest BCUT2D eigenvalue weighted by Gasteiger charge is 2.18. The fourth-order valence-corrected chi connectivity index (χ4v) is 7.34. The average Bonchev–Trinajstić information content (AvgIpc) is 3.55. The van der Waals surface area contributed by atoms with Crippen LogP contribution in [-0.4, -0.2) is 19.5 Å². The fourth-order valence-electron chi connectivity index (χ4n) is 7.34. The van der Waals surface area contributed by atoms with Crippen molar-refractivity contribution in [3.63, 3.8) is 0 Å². The number of pyridine rings is 2. The first-order valence-corrected chi connectivity index (χ1v) is 15.9. The molecule has 47 heavy (non-hydrogen) atoms. The summed E-state index contributed by atoms with van der Waals surface area (Å²) in [4.78, 5) is 15.2. The van der Waals surface area contributed by atoms with Gasteiger partial charge in [-0.25, -0.2) is 9.97 Å². The van der Waals surface area contributed by atoms with Gasteiger partial charge in [-0.3, -0.25) is 9.55 Å². The van der Waals surface area contributed by atoms with Crippen LogP contribution in [0.25, 0.3) is 93.5 Å². The Morgan fingerprint density at radius 2 is 1.02 bits per heavy atom. The summed E-state index contributed by atoms with van der Waals surface area (Å²) in [7, 11) is 0. The molecule has 0 spiro atoms. The van der Waals surface area contributed by atoms with Crippen molar-refractivity contribution in [3.8, 4) is 28.3 Å². The second kappa shape index (κ2) is 10.1. The second-order valence-electron chi connectivity index (χ2n) is 12.0. The molecule has 4 nitrogen and oxygen atoms in total. The van der Waals surface area contributed by atoms with Crippen molar-refractivity contribution in [3.05, 3.63) is 158 Å². The van der Waals surface area contributed by atoms with Crippen LogP contribution < -0.4 is 0 Å². The highest BCUT2D eigenvalue weighted by atomic mass is 15.1. The third-order valence-corrected chi connectivity index (χ3v) is 9.41. The molecular formula is C43H26N4. The summed E-state index contributed by atoms with van der Waals surface area (Å²) in [6.45, 7) is 0. The average molecular weight is 599 g/mol. The number of benzene rings is 7. The molecule has 0 atom stereocenters. The Kier molecular flexibility index (Phi) is 5.54. The van der Waals surface area contributed by atoms with Gasteiger partial charge in [0.05, 0.1) is 27.8 Å². The number of fused-ring (bicyclic) bond motifs is 12. The maximum Gasteiger partial charge on any atom is 0.145 e. The normalized spacial score (nSPS) is 11.8. The van der Waals surface area contributed by atoms with E-state index in [-0.39, 0.29) is 0 Å². The van der Waals surface area contributed by atoms with Gasteiger partial charge in [-0.2, -0.15) is 0 Å². The highest BCUT2D eigenvalue weighted by molar-refractivity contribution is 6.38. The number of imidazole rings is 1. The predicted molar refractivity (Wildman–Crippen MR) is 195 cm³/mol. The van der Waals surface area contributed by atoms with Gasteiger partial charge in [-0.15, -0.1) is 0 Å². The monoisotopic (exact) mass is 598 g/mol. The molecule has 7 aromatic carbocycles. The Morgan fingerprint density at radius 3 is 1.79 bits per heavy atom. The van der Waals surface area contributed by atoms with Crippen LogP contribution in [0.2, 0.25) is 0 Å². The topological polar surface area (TPSA) is 43.6 Å². The van der Waals surface area contributed by atoms with Gasteiger partial charge >= 0.3 is 0 Å². The van der Waals surface area contributed by atoms with Crippen molar-refractivity contribution in [2.45, 2.75) is 0 Å². The lowest BCUT2D eigenvalue weighted by Crippen LogP contribution is -1.97. The predicted octanol–water partition coefficient (Wildman–Crippen LogP) is 10.9. The van der Waals surface area contributed by atoms with E-state index >= 15 is 0 Å². The van der Waals surface area contributed by atoms with E-state index in [9.17, 15) is 0 Å². The smallest absolute Gasteiger partial charge is 0.145 e. The van der Waals surface area contributed by atoms with E-state index < -0.39 is 0 Å². The van der Waals surface area contributed by atoms with Crippen LogP contribution >= 0.6 is 0 Å². The van der Waals surface area contributed by atoms with Gasteiger partial charge < -0.3 is 0 Å². The molecular weight excluding hydrogens is 573 g/mol. The van der Waals surface area contributed by atoms with Crippen molar-refractivity contribution >= 4 is 65.2 Å². The summed E-state index contributed by atoms with van der Waals surface area (Å²) in [5.74, 6) is 0.927. The first kappa shape index (κ1) is 25.9. The number of hydrogen-bond donors (Lipinski definition) is 0. The lowest BCUT2D eigenvalue weighted by molar-refractivity contribution is 1.10. The second-order valence-corrected chi connectivity index (χ2v) is 12.0. The van der Waals surface area contributed by atoms with Gasteiger partial charge in [0.2, 0.25) is 0 Å². The van der Waals surface area contributed by atoms with Crippen LogP contribution in [0.3, 0.4) is 0 Å². The molecule has 0 aliphatic carbocycles. The van der Waals surface area contributed by atoms with Crippen LogP contribution in [-0.2, 0) is 0 Å². The number of aromatic nitrogens is 4. The Balaban J connectivity index is 1.19. The zero-order chi connectivity index (χ0) is 30.9. The molecule has 4 heteroatoms. The minimum atomic E-state index is 0.927. The summed E-state index contributed by atoms with van der Waals surface area (Å²) < 4.78 is 2.24. The molecule has 10 aromatic rings. The third kappa shape index (κ3) is 3.85. The maximum absolute atomic E-state index is 5.38. The Bertz CT molecular complexity index is 2830. The fraction of sp³-hybridized carbons (Fsp3) is 0. The van der Waals surface area contributed by atoms with Crippen LogP contribution in [0.4, 0.5) is 0 Å². The van der Waals surface area contributed by atoms with E-state index in [1.807, 2.05) is 24.4 Å². The SMILES string of the molecule is c1ccc(-c2nc3ccccc3n2-c2ccc(-c3ccc4c(n3)c3ccccc3c3c5cccnc5c5ccccc5c43)cc2)cc1. The standard InChI is InChI=1S/C43H26N4/c1-2-11-28(12-3-1)43-46-37-18-8-9-19-38(37)47(43)29-22-20-27(21-23-29)36-25-24-35-40-30-13-4-6-15-32(30)41-34(17-10-26-44-41)39(40)31-14-5-7-16-33(31)42(35)45-36/h1-26H. The lowest BCUT2D eigenvalue weighted by atomic mass is 9.90. The first-order valence-electron chi connectivity index (χ1n) is 15.9. The lowest BCUT2D eigenvalue weighted by Gasteiger charge is -2.16. The molecule has 0 fully saturated rings. The summed E-state index contributed by atoms with van der Waals surface area (Å²) in [5, 5.41) is 9.48. The molecule has 0 amide bonds. The van der Waals surface area contributed by atoms with Crippen molar-refractivity contribution in [1.82, 2.24) is 19.5 Å². The van der Waals surface area contributed by atoms with Gasteiger partial charge in [0.25, 0.3) is 0 Å². The Hall–Kier alpha value is -6.39. The summed E-state index contributed by atoms with van der Waals surface area (Å²) >= 11 is 0. The molecule has 0 aliphatic heterocycles. The number of hydrogen-bond acceptors (Lipinski definition) is 3. The first-order chi connectivity index (χ1) is 23.3. The van der Waals surface area contributed by atoms with Gasteiger partial charge in [-0.1, -0.05) is 109 Å².